The second-order valence-electron chi connectivity index (χ2n) is 6.62. The summed E-state index contributed by atoms with van der Waals surface area (Å²) in [5, 5.41) is 7.29. The molecular formula is C20H22N6O. The van der Waals surface area contributed by atoms with Gasteiger partial charge in [0.25, 0.3) is 5.91 Å². The summed E-state index contributed by atoms with van der Waals surface area (Å²) >= 11 is 0. The van der Waals surface area contributed by atoms with Crippen LogP contribution in [-0.2, 0) is 6.54 Å². The van der Waals surface area contributed by atoms with E-state index < -0.39 is 0 Å². The van der Waals surface area contributed by atoms with Crippen LogP contribution in [0.5, 0.6) is 0 Å². The molecule has 7 heteroatoms. The minimum atomic E-state index is -0.156. The molecule has 3 aromatic rings. The van der Waals surface area contributed by atoms with Gasteiger partial charge in [-0.2, -0.15) is 5.10 Å². The van der Waals surface area contributed by atoms with E-state index >= 15 is 0 Å². The molecule has 7 nitrogen and oxygen atoms in total. The lowest BCUT2D eigenvalue weighted by atomic mass is 10.2. The molecule has 27 heavy (non-hydrogen) atoms. The SMILES string of the molecule is Cc1c(C(=O)NCc2ccnc(N3CCCC3)n2)cnn1-c1ccccc1. The van der Waals surface area contributed by atoms with E-state index in [9.17, 15) is 4.79 Å². The van der Waals surface area contributed by atoms with Crippen molar-refractivity contribution in [3.05, 3.63) is 65.7 Å². The lowest BCUT2D eigenvalue weighted by Crippen LogP contribution is -2.25. The zero-order valence-corrected chi connectivity index (χ0v) is 15.3. The number of amides is 1. The number of hydrogen-bond donors (Lipinski definition) is 1. The Morgan fingerprint density at radius 2 is 1.93 bits per heavy atom. The van der Waals surface area contributed by atoms with Crippen molar-refractivity contribution in [2.45, 2.75) is 26.3 Å². The number of carbonyl (C=O) groups is 1. The number of aromatic nitrogens is 4. The van der Waals surface area contributed by atoms with Gasteiger partial charge in [0.15, 0.2) is 0 Å². The molecule has 0 unspecified atom stereocenters. The molecule has 0 bridgehead atoms. The Labute approximate surface area is 158 Å². The number of anilines is 1. The lowest BCUT2D eigenvalue weighted by molar-refractivity contribution is 0.0949. The summed E-state index contributed by atoms with van der Waals surface area (Å²) in [4.78, 5) is 23.7. The van der Waals surface area contributed by atoms with Crippen molar-refractivity contribution < 1.29 is 4.79 Å². The van der Waals surface area contributed by atoms with Crippen molar-refractivity contribution in [3.8, 4) is 5.69 Å². The van der Waals surface area contributed by atoms with Gasteiger partial charge in [0, 0.05) is 19.3 Å². The van der Waals surface area contributed by atoms with Crippen molar-refractivity contribution in [2.24, 2.45) is 0 Å². The first kappa shape index (κ1) is 17.2. The Bertz CT molecular complexity index is 931. The number of nitrogens with one attached hydrogen (secondary N) is 1. The predicted molar refractivity (Wildman–Crippen MR) is 103 cm³/mol. The van der Waals surface area contributed by atoms with Gasteiger partial charge >= 0.3 is 0 Å². The van der Waals surface area contributed by atoms with Gasteiger partial charge in [0.1, 0.15) is 0 Å². The first-order valence-electron chi connectivity index (χ1n) is 9.17. The average molecular weight is 362 g/mol. The van der Waals surface area contributed by atoms with E-state index in [0.717, 1.165) is 36.1 Å². The van der Waals surface area contributed by atoms with Gasteiger partial charge in [-0.05, 0) is 38.0 Å². The van der Waals surface area contributed by atoms with Gasteiger partial charge in [-0.1, -0.05) is 18.2 Å². The Morgan fingerprint density at radius 1 is 1.15 bits per heavy atom. The van der Waals surface area contributed by atoms with Crippen LogP contribution in [0, 0.1) is 6.92 Å². The van der Waals surface area contributed by atoms with Gasteiger partial charge in [0.05, 0.1) is 35.4 Å². The fourth-order valence-electron chi connectivity index (χ4n) is 3.28. The summed E-state index contributed by atoms with van der Waals surface area (Å²) in [5.41, 5.74) is 3.10. The molecule has 2 aromatic heterocycles. The molecular weight excluding hydrogens is 340 g/mol. The van der Waals surface area contributed by atoms with Gasteiger partial charge in [-0.15, -0.1) is 0 Å². The van der Waals surface area contributed by atoms with E-state index in [1.165, 1.54) is 12.8 Å². The zero-order chi connectivity index (χ0) is 18.6. The standard InChI is InChI=1S/C20H22N6O/c1-15-18(14-23-26(15)17-7-3-2-4-8-17)19(27)22-13-16-9-10-21-20(24-16)25-11-5-6-12-25/h2-4,7-10,14H,5-6,11-13H2,1H3,(H,22,27). The van der Waals surface area contributed by atoms with Crippen molar-refractivity contribution in [2.75, 3.05) is 18.0 Å². The molecule has 1 aliphatic heterocycles. The molecule has 4 rings (SSSR count). The molecule has 0 saturated carbocycles. The summed E-state index contributed by atoms with van der Waals surface area (Å²) in [6, 6.07) is 11.6. The number of carbonyl (C=O) groups excluding carboxylic acids is 1. The smallest absolute Gasteiger partial charge is 0.255 e. The van der Waals surface area contributed by atoms with E-state index in [-0.39, 0.29) is 5.91 Å². The Kier molecular flexibility index (Phi) is 4.82. The first-order valence-corrected chi connectivity index (χ1v) is 9.17. The number of benzene rings is 1. The highest BCUT2D eigenvalue weighted by Crippen LogP contribution is 2.16. The lowest BCUT2D eigenvalue weighted by Gasteiger charge is -2.15. The number of para-hydroxylation sites is 1. The predicted octanol–water partition coefficient (Wildman–Crippen LogP) is 2.50. The quantitative estimate of drug-likeness (QED) is 0.755. The first-order chi connectivity index (χ1) is 13.2. The van der Waals surface area contributed by atoms with Crippen LogP contribution in [0.25, 0.3) is 5.69 Å². The largest absolute Gasteiger partial charge is 0.346 e. The molecule has 1 aliphatic rings. The summed E-state index contributed by atoms with van der Waals surface area (Å²) in [5.74, 6) is 0.586. The minimum Gasteiger partial charge on any atom is -0.346 e. The monoisotopic (exact) mass is 362 g/mol. The van der Waals surface area contributed by atoms with E-state index in [1.807, 2.05) is 43.3 Å². The van der Waals surface area contributed by atoms with Crippen molar-refractivity contribution in [3.63, 3.8) is 0 Å². The van der Waals surface area contributed by atoms with Crippen LogP contribution in [0.4, 0.5) is 5.95 Å². The molecule has 0 aliphatic carbocycles. The molecule has 0 atom stereocenters. The average Bonchev–Trinajstić information content (AvgIpc) is 3.37. The summed E-state index contributed by atoms with van der Waals surface area (Å²) in [6.45, 7) is 4.24. The van der Waals surface area contributed by atoms with Gasteiger partial charge in [-0.25, -0.2) is 14.6 Å². The maximum Gasteiger partial charge on any atom is 0.255 e. The van der Waals surface area contributed by atoms with Crippen LogP contribution in [-0.4, -0.2) is 38.7 Å². The zero-order valence-electron chi connectivity index (χ0n) is 15.3. The highest BCUT2D eigenvalue weighted by atomic mass is 16.1. The maximum atomic E-state index is 12.6. The fraction of sp³-hybridized carbons (Fsp3) is 0.300. The molecule has 3 heterocycles. The fourth-order valence-corrected chi connectivity index (χ4v) is 3.28. The van der Waals surface area contributed by atoms with E-state index in [4.69, 9.17) is 0 Å². The van der Waals surface area contributed by atoms with Crippen LogP contribution in [0.2, 0.25) is 0 Å². The third-order valence-electron chi connectivity index (χ3n) is 4.77. The van der Waals surface area contributed by atoms with Gasteiger partial charge in [-0.3, -0.25) is 4.79 Å². The number of hydrogen-bond acceptors (Lipinski definition) is 5. The summed E-state index contributed by atoms with van der Waals surface area (Å²) in [7, 11) is 0. The van der Waals surface area contributed by atoms with E-state index in [0.29, 0.717) is 12.1 Å². The maximum absolute atomic E-state index is 12.6. The summed E-state index contributed by atoms with van der Waals surface area (Å²) in [6.07, 6.45) is 5.71. The molecule has 138 valence electrons. The second kappa shape index (κ2) is 7.57. The molecule has 1 amide bonds. The number of nitrogens with zero attached hydrogens (tertiary/aromatic N) is 5. The van der Waals surface area contributed by atoms with E-state index in [1.54, 1.807) is 17.1 Å². The van der Waals surface area contributed by atoms with E-state index in [2.05, 4.69) is 25.3 Å². The van der Waals surface area contributed by atoms with Crippen LogP contribution in [0.15, 0.2) is 48.8 Å². The Balaban J connectivity index is 1.44. The van der Waals surface area contributed by atoms with Crippen LogP contribution in [0.3, 0.4) is 0 Å². The van der Waals surface area contributed by atoms with Gasteiger partial charge in [0.2, 0.25) is 5.95 Å². The molecule has 1 fully saturated rings. The topological polar surface area (TPSA) is 75.9 Å². The van der Waals surface area contributed by atoms with Crippen LogP contribution < -0.4 is 10.2 Å². The van der Waals surface area contributed by atoms with Crippen LogP contribution >= 0.6 is 0 Å². The highest BCUT2D eigenvalue weighted by Gasteiger charge is 2.17. The summed E-state index contributed by atoms with van der Waals surface area (Å²) < 4.78 is 1.77. The molecule has 0 spiro atoms. The van der Waals surface area contributed by atoms with Crippen molar-refractivity contribution in [1.82, 2.24) is 25.1 Å². The molecule has 0 radical (unpaired) electrons. The van der Waals surface area contributed by atoms with Crippen LogP contribution in [0.1, 0.15) is 34.6 Å². The Hall–Kier alpha value is -3.22. The highest BCUT2D eigenvalue weighted by molar-refractivity contribution is 5.95. The third kappa shape index (κ3) is 3.67. The number of rotatable bonds is 5. The van der Waals surface area contributed by atoms with Crippen molar-refractivity contribution >= 4 is 11.9 Å². The normalized spacial score (nSPS) is 13.7. The van der Waals surface area contributed by atoms with Crippen molar-refractivity contribution in [1.29, 1.82) is 0 Å². The second-order valence-corrected chi connectivity index (χ2v) is 6.62. The third-order valence-corrected chi connectivity index (χ3v) is 4.77. The molecule has 1 saturated heterocycles. The molecule has 1 N–H and O–H groups in total. The Morgan fingerprint density at radius 3 is 2.70 bits per heavy atom. The molecule has 1 aromatic carbocycles. The van der Waals surface area contributed by atoms with Gasteiger partial charge < -0.3 is 10.2 Å². The minimum absolute atomic E-state index is 0.156.